The molecule has 8 heteroatoms. The van der Waals surface area contributed by atoms with Crippen molar-refractivity contribution in [2.45, 2.75) is 19.6 Å². The van der Waals surface area contributed by atoms with Gasteiger partial charge >= 0.3 is 0 Å². The van der Waals surface area contributed by atoms with Crippen LogP contribution in [0.15, 0.2) is 65.7 Å². The Balaban J connectivity index is 1.73. The maximum Gasteiger partial charge on any atom is 0.264 e. The largest absolute Gasteiger partial charge is 0.493 e. The lowest BCUT2D eigenvalue weighted by Crippen LogP contribution is -2.40. The van der Waals surface area contributed by atoms with Gasteiger partial charge in [-0.05, 0) is 37.3 Å². The van der Waals surface area contributed by atoms with Crippen molar-refractivity contribution in [3.8, 4) is 28.6 Å². The lowest BCUT2D eigenvalue weighted by atomic mass is 10.2. The summed E-state index contributed by atoms with van der Waals surface area (Å²) in [6, 6.07) is 14.5. The van der Waals surface area contributed by atoms with Crippen LogP contribution in [-0.2, 0) is 11.3 Å². The van der Waals surface area contributed by atoms with Gasteiger partial charge in [-0.2, -0.15) is 4.98 Å². The molecule has 162 valence electrons. The minimum Gasteiger partial charge on any atom is -0.493 e. The van der Waals surface area contributed by atoms with Gasteiger partial charge in [-0.1, -0.05) is 29.4 Å². The van der Waals surface area contributed by atoms with Crippen molar-refractivity contribution >= 4 is 5.91 Å². The van der Waals surface area contributed by atoms with Crippen LogP contribution in [0.5, 0.6) is 17.2 Å². The van der Waals surface area contributed by atoms with Crippen LogP contribution < -0.4 is 14.2 Å². The zero-order valence-corrected chi connectivity index (χ0v) is 17.8. The van der Waals surface area contributed by atoms with Crippen LogP contribution in [0.1, 0.15) is 12.8 Å². The van der Waals surface area contributed by atoms with Crippen molar-refractivity contribution in [1.29, 1.82) is 0 Å². The standard InChI is InChI=1S/C23H25N3O5/c1-5-13-26(23(27)16(2)30-18-9-7-6-8-10-18)15-21-24-22(25-31-21)17-11-12-19(28-3)20(14-17)29-4/h5-12,14,16H,1,13,15H2,2-4H3/t16-/m1/s1. The predicted octanol–water partition coefficient (Wildman–Crippen LogP) is 3.74. The highest BCUT2D eigenvalue weighted by Gasteiger charge is 2.24. The molecular weight excluding hydrogens is 398 g/mol. The second kappa shape index (κ2) is 10.3. The highest BCUT2D eigenvalue weighted by molar-refractivity contribution is 5.81. The van der Waals surface area contributed by atoms with Gasteiger partial charge in [-0.3, -0.25) is 4.79 Å². The number of ether oxygens (including phenoxy) is 3. The van der Waals surface area contributed by atoms with E-state index in [1.54, 1.807) is 62.5 Å². The highest BCUT2D eigenvalue weighted by Crippen LogP contribution is 2.31. The van der Waals surface area contributed by atoms with Crippen LogP contribution in [0.4, 0.5) is 0 Å². The molecule has 0 saturated carbocycles. The summed E-state index contributed by atoms with van der Waals surface area (Å²) in [4.78, 5) is 18.9. The summed E-state index contributed by atoms with van der Waals surface area (Å²) >= 11 is 0. The van der Waals surface area contributed by atoms with Crippen LogP contribution >= 0.6 is 0 Å². The Morgan fingerprint density at radius 2 is 1.90 bits per heavy atom. The van der Waals surface area contributed by atoms with Crippen molar-refractivity contribution in [2.75, 3.05) is 20.8 Å². The fraction of sp³-hybridized carbons (Fsp3) is 0.261. The zero-order valence-electron chi connectivity index (χ0n) is 17.8. The molecule has 0 radical (unpaired) electrons. The summed E-state index contributed by atoms with van der Waals surface area (Å²) < 4.78 is 21.7. The molecular formula is C23H25N3O5. The number of hydrogen-bond donors (Lipinski definition) is 0. The van der Waals surface area contributed by atoms with Gasteiger partial charge in [-0.25, -0.2) is 0 Å². The van der Waals surface area contributed by atoms with Crippen LogP contribution in [0.25, 0.3) is 11.4 Å². The number of methoxy groups -OCH3 is 2. The monoisotopic (exact) mass is 423 g/mol. The molecule has 0 aliphatic carbocycles. The number of benzene rings is 2. The van der Waals surface area contributed by atoms with Crippen molar-refractivity contribution in [3.05, 3.63) is 67.1 Å². The molecule has 0 bridgehead atoms. The molecule has 3 rings (SSSR count). The first-order valence-electron chi connectivity index (χ1n) is 9.72. The first-order valence-corrected chi connectivity index (χ1v) is 9.72. The summed E-state index contributed by atoms with van der Waals surface area (Å²) in [6.07, 6.45) is 0.953. The molecule has 0 saturated heterocycles. The molecule has 1 amide bonds. The van der Waals surface area contributed by atoms with E-state index in [1.807, 2.05) is 18.2 Å². The van der Waals surface area contributed by atoms with Gasteiger partial charge < -0.3 is 23.6 Å². The second-order valence-corrected chi connectivity index (χ2v) is 6.66. The minimum atomic E-state index is -0.685. The van der Waals surface area contributed by atoms with E-state index in [9.17, 15) is 4.79 Å². The third-order valence-corrected chi connectivity index (χ3v) is 4.50. The molecule has 0 spiro atoms. The van der Waals surface area contributed by atoms with E-state index in [4.69, 9.17) is 18.7 Å². The molecule has 0 unspecified atom stereocenters. The molecule has 0 aliphatic heterocycles. The molecule has 0 N–H and O–H groups in total. The van der Waals surface area contributed by atoms with E-state index < -0.39 is 6.10 Å². The Bertz CT molecular complexity index is 1020. The summed E-state index contributed by atoms with van der Waals surface area (Å²) in [7, 11) is 3.12. The van der Waals surface area contributed by atoms with Crippen LogP contribution in [0.3, 0.4) is 0 Å². The second-order valence-electron chi connectivity index (χ2n) is 6.66. The number of nitrogens with zero attached hydrogens (tertiary/aromatic N) is 3. The van der Waals surface area contributed by atoms with Crippen LogP contribution in [0.2, 0.25) is 0 Å². The lowest BCUT2D eigenvalue weighted by molar-refractivity contribution is -0.138. The normalized spacial score (nSPS) is 11.5. The number of para-hydroxylation sites is 1. The number of aromatic nitrogens is 2. The van der Waals surface area contributed by atoms with Crippen molar-refractivity contribution < 1.29 is 23.5 Å². The number of amides is 1. The van der Waals surface area contributed by atoms with Crippen molar-refractivity contribution in [1.82, 2.24) is 15.0 Å². The first kappa shape index (κ1) is 21.9. The van der Waals surface area contributed by atoms with Gasteiger partial charge in [-0.15, -0.1) is 6.58 Å². The van der Waals surface area contributed by atoms with Gasteiger partial charge in [0.1, 0.15) is 12.3 Å². The smallest absolute Gasteiger partial charge is 0.264 e. The Kier molecular flexibility index (Phi) is 7.26. The maximum absolute atomic E-state index is 12.9. The molecule has 1 aromatic heterocycles. The van der Waals surface area contributed by atoms with Crippen LogP contribution in [0, 0.1) is 0 Å². The number of carbonyl (C=O) groups excluding carboxylic acids is 1. The van der Waals surface area contributed by atoms with Gasteiger partial charge in [0.15, 0.2) is 17.6 Å². The summed E-state index contributed by atoms with van der Waals surface area (Å²) in [5.74, 6) is 2.25. The fourth-order valence-electron chi connectivity index (χ4n) is 2.97. The first-order chi connectivity index (χ1) is 15.0. The number of hydrogen-bond acceptors (Lipinski definition) is 7. The zero-order chi connectivity index (χ0) is 22.2. The molecule has 0 aliphatic rings. The summed E-state index contributed by atoms with van der Waals surface area (Å²) in [5, 5.41) is 4.02. The van der Waals surface area contributed by atoms with E-state index in [-0.39, 0.29) is 12.5 Å². The minimum absolute atomic E-state index is 0.133. The third-order valence-electron chi connectivity index (χ3n) is 4.50. The van der Waals surface area contributed by atoms with Gasteiger partial charge in [0.05, 0.1) is 14.2 Å². The van der Waals surface area contributed by atoms with Crippen molar-refractivity contribution in [2.24, 2.45) is 0 Å². The van der Waals surface area contributed by atoms with Crippen LogP contribution in [-0.4, -0.2) is 47.8 Å². The molecule has 8 nitrogen and oxygen atoms in total. The SMILES string of the molecule is C=CCN(Cc1nc(-c2ccc(OC)c(OC)c2)no1)C(=O)[C@@H](C)Oc1ccccc1. The molecule has 1 heterocycles. The Labute approximate surface area is 181 Å². The number of rotatable bonds is 10. The molecule has 31 heavy (non-hydrogen) atoms. The third kappa shape index (κ3) is 5.42. The van der Waals surface area contributed by atoms with Crippen molar-refractivity contribution in [3.63, 3.8) is 0 Å². The predicted molar refractivity (Wildman–Crippen MR) is 115 cm³/mol. The average Bonchev–Trinajstić information content (AvgIpc) is 3.27. The van der Waals surface area contributed by atoms with Gasteiger partial charge in [0.25, 0.3) is 5.91 Å². The summed E-state index contributed by atoms with van der Waals surface area (Å²) in [5.41, 5.74) is 0.704. The van der Waals surface area contributed by atoms with Gasteiger partial charge in [0, 0.05) is 12.1 Å². The van der Waals surface area contributed by atoms with Gasteiger partial charge in [0.2, 0.25) is 11.7 Å². The Morgan fingerprint density at radius 1 is 1.16 bits per heavy atom. The van der Waals surface area contributed by atoms with E-state index in [0.717, 1.165) is 0 Å². The Morgan fingerprint density at radius 3 is 2.58 bits per heavy atom. The highest BCUT2D eigenvalue weighted by atomic mass is 16.5. The van der Waals surface area contributed by atoms with E-state index >= 15 is 0 Å². The molecule has 0 fully saturated rings. The molecule has 2 aromatic carbocycles. The fourth-order valence-corrected chi connectivity index (χ4v) is 2.97. The van der Waals surface area contributed by atoms with E-state index in [1.165, 1.54) is 0 Å². The summed E-state index contributed by atoms with van der Waals surface area (Å²) in [6.45, 7) is 5.88. The number of carbonyl (C=O) groups is 1. The topological polar surface area (TPSA) is 86.9 Å². The van der Waals surface area contributed by atoms with E-state index in [2.05, 4.69) is 16.7 Å². The lowest BCUT2D eigenvalue weighted by Gasteiger charge is -2.23. The van der Waals surface area contributed by atoms with E-state index in [0.29, 0.717) is 41.1 Å². The molecule has 1 atom stereocenters. The Hall–Kier alpha value is -3.81. The quantitative estimate of drug-likeness (QED) is 0.459. The molecule has 3 aromatic rings. The maximum atomic E-state index is 12.9. The average molecular weight is 423 g/mol.